The summed E-state index contributed by atoms with van der Waals surface area (Å²) < 4.78 is 6.96. The highest BCUT2D eigenvalue weighted by atomic mass is 16.5. The summed E-state index contributed by atoms with van der Waals surface area (Å²) in [7, 11) is 1.63. The van der Waals surface area contributed by atoms with Crippen LogP contribution in [0.2, 0.25) is 0 Å². The van der Waals surface area contributed by atoms with Gasteiger partial charge in [-0.2, -0.15) is 5.10 Å². The van der Waals surface area contributed by atoms with Crippen LogP contribution in [0.3, 0.4) is 0 Å². The number of aliphatic hydroxyl groups is 1. The monoisotopic (exact) mass is 415 g/mol. The number of ether oxygens (including phenoxy) is 1. The molecule has 1 aliphatic carbocycles. The summed E-state index contributed by atoms with van der Waals surface area (Å²) in [5, 5.41) is 15.1. The van der Waals surface area contributed by atoms with E-state index >= 15 is 0 Å². The summed E-state index contributed by atoms with van der Waals surface area (Å²) >= 11 is 0. The van der Waals surface area contributed by atoms with E-state index < -0.39 is 0 Å². The molecule has 0 fully saturated rings. The maximum absolute atomic E-state index is 12.5. The van der Waals surface area contributed by atoms with Crippen molar-refractivity contribution in [1.82, 2.24) is 9.78 Å². The van der Waals surface area contributed by atoms with E-state index in [1.54, 1.807) is 11.8 Å². The third-order valence-electron chi connectivity index (χ3n) is 5.30. The van der Waals surface area contributed by atoms with Gasteiger partial charge in [0.1, 0.15) is 11.5 Å². The molecule has 4 rings (SSSR count). The molecule has 0 bridgehead atoms. The van der Waals surface area contributed by atoms with Crippen LogP contribution in [0.25, 0.3) is 16.9 Å². The molecule has 1 heterocycles. The first-order valence-electron chi connectivity index (χ1n) is 10.2. The van der Waals surface area contributed by atoms with E-state index in [-0.39, 0.29) is 22.5 Å². The Kier molecular flexibility index (Phi) is 5.46. The molecule has 1 aliphatic rings. The molecule has 0 saturated heterocycles. The van der Waals surface area contributed by atoms with Crippen LogP contribution in [0.1, 0.15) is 26.7 Å². The predicted octanol–water partition coefficient (Wildman–Crippen LogP) is 5.45. The Bertz CT molecular complexity index is 1160. The number of Topliss-reactive ketones (excluding diaryl/α,β-unsaturated/α-hetero) is 1. The molecule has 6 heteroatoms. The zero-order valence-corrected chi connectivity index (χ0v) is 17.9. The van der Waals surface area contributed by atoms with Crippen LogP contribution >= 0.6 is 0 Å². The van der Waals surface area contributed by atoms with Gasteiger partial charge in [0.05, 0.1) is 24.1 Å². The van der Waals surface area contributed by atoms with Crippen LogP contribution in [0.15, 0.2) is 77.0 Å². The van der Waals surface area contributed by atoms with Crippen LogP contribution in [0.5, 0.6) is 5.75 Å². The van der Waals surface area contributed by atoms with Gasteiger partial charge in [-0.3, -0.25) is 4.79 Å². The van der Waals surface area contributed by atoms with E-state index in [9.17, 15) is 9.90 Å². The van der Waals surface area contributed by atoms with Crippen LogP contribution in [-0.4, -0.2) is 34.0 Å². The predicted molar refractivity (Wildman–Crippen MR) is 121 cm³/mol. The third kappa shape index (κ3) is 4.43. The number of methoxy groups -OCH3 is 1. The zero-order chi connectivity index (χ0) is 22.0. The highest BCUT2D eigenvalue weighted by Gasteiger charge is 2.32. The molecule has 158 valence electrons. The van der Waals surface area contributed by atoms with Gasteiger partial charge in [-0.25, -0.2) is 9.67 Å². The van der Waals surface area contributed by atoms with E-state index in [4.69, 9.17) is 9.84 Å². The first-order valence-corrected chi connectivity index (χ1v) is 10.2. The molecule has 0 radical (unpaired) electrons. The Morgan fingerprint density at radius 2 is 1.81 bits per heavy atom. The van der Waals surface area contributed by atoms with Gasteiger partial charge < -0.3 is 9.84 Å². The smallest absolute Gasteiger partial charge is 0.168 e. The maximum atomic E-state index is 12.5. The summed E-state index contributed by atoms with van der Waals surface area (Å²) in [6.45, 7) is 3.95. The largest absolute Gasteiger partial charge is 0.511 e. The molecule has 0 spiro atoms. The van der Waals surface area contributed by atoms with Gasteiger partial charge in [-0.1, -0.05) is 32.0 Å². The van der Waals surface area contributed by atoms with E-state index in [0.717, 1.165) is 22.7 Å². The van der Waals surface area contributed by atoms with Gasteiger partial charge in [0.15, 0.2) is 11.6 Å². The number of carbonyl (C=O) groups excluding carboxylic acids is 1. The highest BCUT2D eigenvalue weighted by molar-refractivity contribution is 6.14. The number of nitrogens with zero attached hydrogens (tertiary/aromatic N) is 3. The average molecular weight is 415 g/mol. The fourth-order valence-corrected chi connectivity index (χ4v) is 3.70. The van der Waals surface area contributed by atoms with Crippen molar-refractivity contribution in [1.29, 1.82) is 0 Å². The Morgan fingerprint density at radius 1 is 1.10 bits per heavy atom. The number of hydrogen-bond acceptors (Lipinski definition) is 5. The molecular weight excluding hydrogens is 390 g/mol. The molecule has 0 amide bonds. The normalized spacial score (nSPS) is 16.2. The second-order valence-electron chi connectivity index (χ2n) is 8.42. The number of aromatic nitrogens is 2. The Labute approximate surface area is 181 Å². The first kappa shape index (κ1) is 20.6. The van der Waals surface area contributed by atoms with E-state index in [1.165, 1.54) is 6.21 Å². The van der Waals surface area contributed by atoms with Crippen LogP contribution < -0.4 is 4.74 Å². The summed E-state index contributed by atoms with van der Waals surface area (Å²) in [5.41, 5.74) is 2.54. The molecular formula is C25H25N3O3. The molecule has 0 atom stereocenters. The Hall–Kier alpha value is -3.67. The molecule has 31 heavy (non-hydrogen) atoms. The second kappa shape index (κ2) is 8.22. The van der Waals surface area contributed by atoms with Crippen molar-refractivity contribution < 1.29 is 14.6 Å². The number of aliphatic hydroxyl groups excluding tert-OH is 1. The number of allylic oxidation sites excluding steroid dienone is 2. The lowest BCUT2D eigenvalue weighted by molar-refractivity contribution is -0.117. The number of carbonyl (C=O) groups is 1. The van der Waals surface area contributed by atoms with Gasteiger partial charge in [0.2, 0.25) is 0 Å². The molecule has 2 aromatic carbocycles. The van der Waals surface area contributed by atoms with Gasteiger partial charge >= 0.3 is 0 Å². The van der Waals surface area contributed by atoms with Crippen molar-refractivity contribution in [2.75, 3.05) is 7.11 Å². The lowest BCUT2D eigenvalue weighted by Crippen LogP contribution is -2.26. The molecule has 0 unspecified atom stereocenters. The summed E-state index contributed by atoms with van der Waals surface area (Å²) in [4.78, 5) is 17.1. The summed E-state index contributed by atoms with van der Waals surface area (Å²) in [6, 6.07) is 19.2. The highest BCUT2D eigenvalue weighted by Crippen LogP contribution is 2.35. The summed E-state index contributed by atoms with van der Waals surface area (Å²) in [5.74, 6) is 1.32. The fourth-order valence-electron chi connectivity index (χ4n) is 3.70. The summed E-state index contributed by atoms with van der Waals surface area (Å²) in [6.07, 6.45) is 2.30. The van der Waals surface area contributed by atoms with Crippen molar-refractivity contribution in [2.24, 2.45) is 10.4 Å². The number of aliphatic imine (C=N–C) groups is 1. The van der Waals surface area contributed by atoms with Gasteiger partial charge in [0.25, 0.3) is 0 Å². The minimum absolute atomic E-state index is 0.0890. The third-order valence-corrected chi connectivity index (χ3v) is 5.30. The van der Waals surface area contributed by atoms with Gasteiger partial charge in [0, 0.05) is 30.7 Å². The van der Waals surface area contributed by atoms with E-state index in [1.807, 2.05) is 74.5 Å². The average Bonchev–Trinajstić information content (AvgIpc) is 3.17. The van der Waals surface area contributed by atoms with Gasteiger partial charge in [-0.05, 0) is 41.8 Å². The lowest BCUT2D eigenvalue weighted by Gasteiger charge is -2.28. The minimum atomic E-state index is -0.244. The zero-order valence-electron chi connectivity index (χ0n) is 17.9. The number of benzene rings is 2. The first-order chi connectivity index (χ1) is 14.9. The van der Waals surface area contributed by atoms with E-state index in [2.05, 4.69) is 4.99 Å². The molecule has 6 nitrogen and oxygen atoms in total. The number of hydrogen-bond donors (Lipinski definition) is 1. The Balaban J connectivity index is 1.75. The number of rotatable bonds is 5. The van der Waals surface area contributed by atoms with Crippen molar-refractivity contribution in [3.63, 3.8) is 0 Å². The minimum Gasteiger partial charge on any atom is -0.511 e. The van der Waals surface area contributed by atoms with Crippen molar-refractivity contribution in [2.45, 2.75) is 26.7 Å². The lowest BCUT2D eigenvalue weighted by atomic mass is 9.77. The second-order valence-corrected chi connectivity index (χ2v) is 8.42. The molecule has 3 aromatic rings. The molecule has 1 N–H and O–H groups in total. The van der Waals surface area contributed by atoms with Gasteiger partial charge in [-0.15, -0.1) is 0 Å². The molecule has 1 aromatic heterocycles. The topological polar surface area (TPSA) is 76.7 Å². The SMILES string of the molecule is COc1ccc(-c2cc(N=CC3=C(O)CC(C)(C)CC3=O)n(-c3ccccc3)n2)cc1. The van der Waals surface area contributed by atoms with Crippen molar-refractivity contribution in [3.8, 4) is 22.7 Å². The standard InChI is InChI=1S/C25H25N3O3/c1-25(2)14-22(29)20(23(30)15-25)16-26-24-13-21(17-9-11-19(31-3)12-10-17)27-28(24)18-7-5-4-6-8-18/h4-13,16,29H,14-15H2,1-3H3. The van der Waals surface area contributed by atoms with Crippen LogP contribution in [0.4, 0.5) is 5.82 Å². The van der Waals surface area contributed by atoms with Crippen LogP contribution in [0, 0.1) is 5.41 Å². The Morgan fingerprint density at radius 3 is 2.45 bits per heavy atom. The molecule has 0 aliphatic heterocycles. The fraction of sp³-hybridized carbons (Fsp3) is 0.240. The quantitative estimate of drug-likeness (QED) is 0.562. The number of ketones is 1. The maximum Gasteiger partial charge on any atom is 0.168 e. The van der Waals surface area contributed by atoms with Crippen molar-refractivity contribution >= 4 is 17.8 Å². The number of para-hydroxylation sites is 1. The molecule has 0 saturated carbocycles. The van der Waals surface area contributed by atoms with E-state index in [0.29, 0.717) is 18.7 Å². The van der Waals surface area contributed by atoms with Crippen molar-refractivity contribution in [3.05, 3.63) is 72.0 Å². The van der Waals surface area contributed by atoms with Crippen LogP contribution in [-0.2, 0) is 4.79 Å².